The highest BCUT2D eigenvalue weighted by Crippen LogP contribution is 2.25. The lowest BCUT2D eigenvalue weighted by Crippen LogP contribution is -2.39. The monoisotopic (exact) mass is 312 g/mol. The second kappa shape index (κ2) is 7.47. The highest BCUT2D eigenvalue weighted by molar-refractivity contribution is 5.88. The lowest BCUT2D eigenvalue weighted by molar-refractivity contribution is -0.132. The minimum atomic E-state index is 0.208. The molecule has 0 saturated carbocycles. The van der Waals surface area contributed by atoms with E-state index in [9.17, 15) is 4.79 Å². The second-order valence-electron chi connectivity index (χ2n) is 6.05. The molecule has 2 aromatic carbocycles. The van der Waals surface area contributed by atoms with Gasteiger partial charge in [0.1, 0.15) is 5.75 Å². The number of hydrogen-bond acceptors (Lipinski definition) is 3. The van der Waals surface area contributed by atoms with E-state index in [1.807, 2.05) is 29.2 Å². The van der Waals surface area contributed by atoms with Crippen molar-refractivity contribution < 1.29 is 9.53 Å². The highest BCUT2D eigenvalue weighted by atomic mass is 16.5. The third kappa shape index (κ3) is 3.64. The zero-order valence-electron chi connectivity index (χ0n) is 13.4. The zero-order chi connectivity index (χ0) is 16.1. The molecule has 1 fully saturated rings. The van der Waals surface area contributed by atoms with Crippen molar-refractivity contribution in [3.8, 4) is 5.75 Å². The number of nitrogens with two attached hydrogens (primary N) is 1. The number of fused-ring (bicyclic) bond motifs is 1. The molecule has 0 aliphatic carbocycles. The van der Waals surface area contributed by atoms with Crippen LogP contribution in [0.2, 0.25) is 0 Å². The van der Waals surface area contributed by atoms with Gasteiger partial charge in [-0.3, -0.25) is 4.79 Å². The third-order valence-corrected chi connectivity index (χ3v) is 4.51. The molecule has 0 aromatic heterocycles. The van der Waals surface area contributed by atoms with E-state index in [0.717, 1.165) is 36.9 Å². The van der Waals surface area contributed by atoms with Crippen LogP contribution in [0.15, 0.2) is 42.5 Å². The number of ether oxygens (including phenoxy) is 1. The molecule has 1 heterocycles. The number of likely N-dealkylation sites (tertiary alicyclic amines) is 1. The molecule has 2 aromatic rings. The maximum absolute atomic E-state index is 12.3. The minimum absolute atomic E-state index is 0.208. The molecule has 4 nitrogen and oxygen atoms in total. The molecule has 4 heteroatoms. The summed E-state index contributed by atoms with van der Waals surface area (Å²) in [5.41, 5.74) is 5.73. The van der Waals surface area contributed by atoms with Crippen LogP contribution in [0.4, 0.5) is 0 Å². The van der Waals surface area contributed by atoms with Crippen molar-refractivity contribution in [2.75, 3.05) is 19.7 Å². The number of nitrogens with zero attached hydrogens (tertiary/aromatic N) is 1. The van der Waals surface area contributed by atoms with Crippen LogP contribution >= 0.6 is 0 Å². The lowest BCUT2D eigenvalue weighted by atomic mass is 10.1. The molecule has 0 radical (unpaired) electrons. The molecule has 1 amide bonds. The molecule has 2 N–H and O–H groups in total. The molecule has 1 saturated heterocycles. The summed E-state index contributed by atoms with van der Waals surface area (Å²) in [5, 5.41) is 2.29. The topological polar surface area (TPSA) is 55.6 Å². The van der Waals surface area contributed by atoms with Crippen LogP contribution in [0.25, 0.3) is 10.8 Å². The van der Waals surface area contributed by atoms with Crippen LogP contribution in [-0.4, -0.2) is 36.5 Å². The van der Waals surface area contributed by atoms with Crippen molar-refractivity contribution in [2.24, 2.45) is 5.73 Å². The Morgan fingerprint density at radius 1 is 1.22 bits per heavy atom. The zero-order valence-corrected chi connectivity index (χ0v) is 13.4. The first-order valence-electron chi connectivity index (χ1n) is 8.39. The first kappa shape index (κ1) is 15.8. The molecule has 23 heavy (non-hydrogen) atoms. The summed E-state index contributed by atoms with van der Waals surface area (Å²) in [6.45, 7) is 1.98. The molecule has 0 spiro atoms. The van der Waals surface area contributed by atoms with Crippen LogP contribution in [-0.2, 0) is 4.79 Å². The predicted octanol–water partition coefficient (Wildman–Crippen LogP) is 2.95. The second-order valence-corrected chi connectivity index (χ2v) is 6.05. The van der Waals surface area contributed by atoms with Gasteiger partial charge in [-0.1, -0.05) is 36.4 Å². The van der Waals surface area contributed by atoms with Gasteiger partial charge in [0.2, 0.25) is 5.91 Å². The highest BCUT2D eigenvalue weighted by Gasteiger charge is 2.26. The fourth-order valence-electron chi connectivity index (χ4n) is 3.28. The van der Waals surface area contributed by atoms with Crippen molar-refractivity contribution >= 4 is 16.7 Å². The van der Waals surface area contributed by atoms with Crippen molar-refractivity contribution in [3.05, 3.63) is 42.5 Å². The molecule has 1 aliphatic heterocycles. The van der Waals surface area contributed by atoms with Gasteiger partial charge in [0.25, 0.3) is 0 Å². The van der Waals surface area contributed by atoms with Crippen LogP contribution in [0.5, 0.6) is 5.75 Å². The third-order valence-electron chi connectivity index (χ3n) is 4.51. The smallest absolute Gasteiger partial charge is 0.222 e. The first-order chi connectivity index (χ1) is 11.3. The summed E-state index contributed by atoms with van der Waals surface area (Å²) in [7, 11) is 0. The molecule has 1 unspecified atom stereocenters. The van der Waals surface area contributed by atoms with Crippen LogP contribution in [0.1, 0.15) is 25.7 Å². The number of hydrogen-bond donors (Lipinski definition) is 1. The molecule has 3 rings (SSSR count). The van der Waals surface area contributed by atoms with Gasteiger partial charge in [-0.05, 0) is 30.7 Å². The minimum Gasteiger partial charge on any atom is -0.493 e. The first-order valence-corrected chi connectivity index (χ1v) is 8.39. The Kier molecular flexibility index (Phi) is 5.13. The number of benzene rings is 2. The van der Waals surface area contributed by atoms with Crippen molar-refractivity contribution in [1.29, 1.82) is 0 Å². The molecule has 122 valence electrons. The number of carbonyl (C=O) groups is 1. The normalized spacial score (nSPS) is 17.6. The van der Waals surface area contributed by atoms with E-state index in [0.29, 0.717) is 19.6 Å². The van der Waals surface area contributed by atoms with Crippen LogP contribution < -0.4 is 10.5 Å². The summed E-state index contributed by atoms with van der Waals surface area (Å²) in [5.74, 6) is 1.09. The van der Waals surface area contributed by atoms with Gasteiger partial charge in [-0.2, -0.15) is 0 Å². The van der Waals surface area contributed by atoms with Gasteiger partial charge in [0.15, 0.2) is 0 Å². The van der Waals surface area contributed by atoms with Gasteiger partial charge >= 0.3 is 0 Å². The van der Waals surface area contributed by atoms with Crippen molar-refractivity contribution in [1.82, 2.24) is 4.90 Å². The largest absolute Gasteiger partial charge is 0.493 e. The average molecular weight is 312 g/mol. The van der Waals surface area contributed by atoms with Crippen molar-refractivity contribution in [2.45, 2.75) is 31.7 Å². The molecule has 1 atom stereocenters. The van der Waals surface area contributed by atoms with E-state index >= 15 is 0 Å². The average Bonchev–Trinajstić information content (AvgIpc) is 3.07. The number of rotatable bonds is 6. The Hall–Kier alpha value is -2.07. The van der Waals surface area contributed by atoms with E-state index in [1.165, 1.54) is 5.39 Å². The lowest BCUT2D eigenvalue weighted by Gasteiger charge is -2.23. The summed E-state index contributed by atoms with van der Waals surface area (Å²) in [6, 6.07) is 14.5. The summed E-state index contributed by atoms with van der Waals surface area (Å²) in [6.07, 6.45) is 3.37. The maximum atomic E-state index is 12.3. The van der Waals surface area contributed by atoms with E-state index in [-0.39, 0.29) is 11.9 Å². The predicted molar refractivity (Wildman–Crippen MR) is 92.5 cm³/mol. The van der Waals surface area contributed by atoms with Crippen LogP contribution in [0.3, 0.4) is 0 Å². The van der Waals surface area contributed by atoms with E-state index in [4.69, 9.17) is 10.5 Å². The van der Waals surface area contributed by atoms with Gasteiger partial charge in [-0.25, -0.2) is 0 Å². The van der Waals surface area contributed by atoms with Gasteiger partial charge < -0.3 is 15.4 Å². The summed E-state index contributed by atoms with van der Waals surface area (Å²) >= 11 is 0. The van der Waals surface area contributed by atoms with Gasteiger partial charge in [0, 0.05) is 30.9 Å². The molecular weight excluding hydrogens is 288 g/mol. The van der Waals surface area contributed by atoms with Crippen LogP contribution in [0, 0.1) is 0 Å². The Bertz CT molecular complexity index is 666. The van der Waals surface area contributed by atoms with Crippen molar-refractivity contribution in [3.63, 3.8) is 0 Å². The van der Waals surface area contributed by atoms with E-state index in [1.54, 1.807) is 0 Å². The fourth-order valence-corrected chi connectivity index (χ4v) is 3.28. The fraction of sp³-hybridized carbons (Fsp3) is 0.421. The number of amides is 1. The Morgan fingerprint density at radius 3 is 2.91 bits per heavy atom. The quantitative estimate of drug-likeness (QED) is 0.834. The molecule has 1 aliphatic rings. The summed E-state index contributed by atoms with van der Waals surface area (Å²) in [4.78, 5) is 14.2. The van der Waals surface area contributed by atoms with Gasteiger partial charge in [0.05, 0.1) is 6.61 Å². The van der Waals surface area contributed by atoms with E-state index in [2.05, 4.69) is 18.2 Å². The maximum Gasteiger partial charge on any atom is 0.222 e. The number of carbonyl (C=O) groups excluding carboxylic acids is 1. The molecular formula is C19H24N2O2. The SMILES string of the molecule is NCC1CCCN1C(=O)CCCOc1cccc2ccccc12. The Morgan fingerprint density at radius 2 is 2.04 bits per heavy atom. The standard InChI is InChI=1S/C19H24N2O2/c20-14-16-8-4-12-21(16)19(22)11-5-13-23-18-10-3-7-15-6-1-2-9-17(15)18/h1-3,6-7,9-10,16H,4-5,8,11-14,20H2. The Labute approximate surface area is 137 Å². The molecule has 0 bridgehead atoms. The summed E-state index contributed by atoms with van der Waals surface area (Å²) < 4.78 is 5.89. The van der Waals surface area contributed by atoms with E-state index < -0.39 is 0 Å². The Balaban J connectivity index is 1.50. The van der Waals surface area contributed by atoms with Gasteiger partial charge in [-0.15, -0.1) is 0 Å².